The molecule has 1 saturated heterocycles. The van der Waals surface area contributed by atoms with E-state index in [1.807, 2.05) is 0 Å². The lowest BCUT2D eigenvalue weighted by atomic mass is 10.2. The highest BCUT2D eigenvalue weighted by Gasteiger charge is 2.21. The summed E-state index contributed by atoms with van der Waals surface area (Å²) in [6, 6.07) is 0. The van der Waals surface area contributed by atoms with Crippen molar-refractivity contribution >= 4 is 29.1 Å². The van der Waals surface area contributed by atoms with Crippen molar-refractivity contribution in [2.75, 3.05) is 26.8 Å². The number of methoxy groups -OCH3 is 1. The van der Waals surface area contributed by atoms with Crippen LogP contribution in [-0.2, 0) is 20.8 Å². The minimum absolute atomic E-state index is 0.218. The molecule has 1 atom stereocenters. The van der Waals surface area contributed by atoms with Gasteiger partial charge in [-0.2, -0.15) is 0 Å². The molecule has 1 aromatic heterocycles. The van der Waals surface area contributed by atoms with Gasteiger partial charge in [0, 0.05) is 37.8 Å². The fourth-order valence-electron chi connectivity index (χ4n) is 2.17. The van der Waals surface area contributed by atoms with Crippen LogP contribution in [0.15, 0.2) is 0 Å². The largest absolute Gasteiger partial charge is 0.469 e. The van der Waals surface area contributed by atoms with Gasteiger partial charge in [0.1, 0.15) is 10.0 Å². The number of carbonyl (C=O) groups is 1. The third-order valence-corrected chi connectivity index (χ3v) is 4.21. The van der Waals surface area contributed by atoms with E-state index in [2.05, 4.69) is 19.2 Å². The van der Waals surface area contributed by atoms with Crippen molar-refractivity contribution in [3.63, 3.8) is 0 Å². The summed E-state index contributed by atoms with van der Waals surface area (Å²) in [6.45, 7) is 2.76. The van der Waals surface area contributed by atoms with Crippen LogP contribution in [0, 0.1) is 0 Å². The zero-order chi connectivity index (χ0) is 14.4. The number of carbonyl (C=O) groups excluding carboxylic acids is 1. The molecule has 0 radical (unpaired) electrons. The van der Waals surface area contributed by atoms with Gasteiger partial charge in [0.15, 0.2) is 0 Å². The number of hydrogen-bond donors (Lipinski definition) is 0. The molecule has 8 heteroatoms. The van der Waals surface area contributed by atoms with Crippen molar-refractivity contribution < 1.29 is 14.3 Å². The Bertz CT molecular complexity index is 437. The summed E-state index contributed by atoms with van der Waals surface area (Å²) in [4.78, 5) is 13.4. The molecule has 1 aliphatic heterocycles. The third-order valence-electron chi connectivity index (χ3n) is 3.23. The second kappa shape index (κ2) is 7.87. The molecule has 1 fully saturated rings. The first-order valence-electron chi connectivity index (χ1n) is 6.56. The number of hydrogen-bond acceptors (Lipinski definition) is 7. The molecule has 0 bridgehead atoms. The normalized spacial score (nSPS) is 18.6. The van der Waals surface area contributed by atoms with Gasteiger partial charge in [0.25, 0.3) is 0 Å². The maximum absolute atomic E-state index is 11.3. The van der Waals surface area contributed by atoms with Crippen LogP contribution in [0.1, 0.15) is 25.0 Å². The summed E-state index contributed by atoms with van der Waals surface area (Å²) < 4.78 is 14.7. The molecular formula is C12H18ClN3O3S. The second-order valence-corrected chi connectivity index (χ2v) is 6.05. The summed E-state index contributed by atoms with van der Waals surface area (Å²) >= 11 is 7.21. The van der Waals surface area contributed by atoms with Gasteiger partial charge in [-0.3, -0.25) is 9.69 Å². The van der Waals surface area contributed by atoms with Crippen molar-refractivity contribution in [3.05, 3.63) is 10.0 Å². The number of aromatic nitrogens is 2. The van der Waals surface area contributed by atoms with Crippen molar-refractivity contribution in [1.82, 2.24) is 14.5 Å². The van der Waals surface area contributed by atoms with Crippen LogP contribution in [0.4, 0.5) is 0 Å². The number of ether oxygens (including phenoxy) is 2. The van der Waals surface area contributed by atoms with Crippen molar-refractivity contribution in [2.45, 2.75) is 31.9 Å². The first-order valence-corrected chi connectivity index (χ1v) is 7.71. The summed E-state index contributed by atoms with van der Waals surface area (Å²) in [6.07, 6.45) is 2.71. The van der Waals surface area contributed by atoms with Crippen LogP contribution in [0.3, 0.4) is 0 Å². The first-order chi connectivity index (χ1) is 9.69. The van der Waals surface area contributed by atoms with Crippen molar-refractivity contribution in [2.24, 2.45) is 0 Å². The minimum atomic E-state index is -0.218. The molecule has 0 amide bonds. The smallest absolute Gasteiger partial charge is 0.306 e. The van der Waals surface area contributed by atoms with E-state index >= 15 is 0 Å². The van der Waals surface area contributed by atoms with Crippen molar-refractivity contribution in [3.8, 4) is 0 Å². The van der Waals surface area contributed by atoms with E-state index in [0.717, 1.165) is 31.7 Å². The maximum atomic E-state index is 11.3. The van der Waals surface area contributed by atoms with Gasteiger partial charge >= 0.3 is 5.97 Å². The standard InChI is InChI=1S/C12H18ClN3O3S/c1-18-11(17)4-5-16(7-9-3-2-6-19-9)8-10-12(13)20-15-14-10/h9H,2-8H2,1H3. The molecule has 0 aromatic carbocycles. The average molecular weight is 320 g/mol. The third kappa shape index (κ3) is 4.66. The highest BCUT2D eigenvalue weighted by atomic mass is 35.5. The lowest BCUT2D eigenvalue weighted by Crippen LogP contribution is -2.33. The Morgan fingerprint density at radius 1 is 1.65 bits per heavy atom. The monoisotopic (exact) mass is 319 g/mol. The Morgan fingerprint density at radius 3 is 3.10 bits per heavy atom. The fraction of sp³-hybridized carbons (Fsp3) is 0.750. The van der Waals surface area contributed by atoms with Crippen LogP contribution >= 0.6 is 23.1 Å². The Labute approximate surface area is 127 Å². The average Bonchev–Trinajstić information content (AvgIpc) is 3.08. The van der Waals surface area contributed by atoms with E-state index in [4.69, 9.17) is 16.3 Å². The number of halogens is 1. The molecular weight excluding hydrogens is 302 g/mol. The first kappa shape index (κ1) is 15.6. The molecule has 2 rings (SSSR count). The highest BCUT2D eigenvalue weighted by molar-refractivity contribution is 7.10. The number of esters is 1. The van der Waals surface area contributed by atoms with E-state index in [9.17, 15) is 4.79 Å². The van der Waals surface area contributed by atoms with E-state index in [-0.39, 0.29) is 12.1 Å². The topological polar surface area (TPSA) is 64.5 Å². The molecule has 1 unspecified atom stereocenters. The molecule has 0 aliphatic carbocycles. The minimum Gasteiger partial charge on any atom is -0.469 e. The molecule has 6 nitrogen and oxygen atoms in total. The van der Waals surface area contributed by atoms with Gasteiger partial charge in [-0.15, -0.1) is 5.10 Å². The molecule has 112 valence electrons. The second-order valence-electron chi connectivity index (χ2n) is 4.69. The fourth-order valence-corrected chi connectivity index (χ4v) is 2.78. The van der Waals surface area contributed by atoms with Crippen LogP contribution in [-0.4, -0.2) is 53.4 Å². The highest BCUT2D eigenvalue weighted by Crippen LogP contribution is 2.20. The van der Waals surface area contributed by atoms with E-state index in [1.165, 1.54) is 18.6 Å². The maximum Gasteiger partial charge on any atom is 0.306 e. The van der Waals surface area contributed by atoms with Gasteiger partial charge in [-0.25, -0.2) is 0 Å². The molecule has 20 heavy (non-hydrogen) atoms. The Balaban J connectivity index is 1.91. The lowest BCUT2D eigenvalue weighted by molar-refractivity contribution is -0.141. The number of nitrogens with zero attached hydrogens (tertiary/aromatic N) is 3. The summed E-state index contributed by atoms with van der Waals surface area (Å²) in [5.41, 5.74) is 0.750. The Hall–Kier alpha value is -0.760. The SMILES string of the molecule is COC(=O)CCN(Cc1nnsc1Cl)CC1CCCO1. The zero-order valence-corrected chi connectivity index (χ0v) is 13.0. The van der Waals surface area contributed by atoms with Crippen LogP contribution in [0.5, 0.6) is 0 Å². The van der Waals surface area contributed by atoms with Gasteiger partial charge in [0.05, 0.1) is 19.6 Å². The molecule has 1 aliphatic rings. The van der Waals surface area contributed by atoms with Gasteiger partial charge in [-0.1, -0.05) is 16.1 Å². The Kier molecular flexibility index (Phi) is 6.15. The molecule has 1 aromatic rings. The van der Waals surface area contributed by atoms with Crippen LogP contribution < -0.4 is 0 Å². The zero-order valence-electron chi connectivity index (χ0n) is 11.4. The Morgan fingerprint density at radius 2 is 2.50 bits per heavy atom. The van der Waals surface area contributed by atoms with Crippen LogP contribution in [0.25, 0.3) is 0 Å². The van der Waals surface area contributed by atoms with Gasteiger partial charge < -0.3 is 9.47 Å². The molecule has 0 spiro atoms. The molecule has 2 heterocycles. The quantitative estimate of drug-likeness (QED) is 0.713. The van der Waals surface area contributed by atoms with E-state index < -0.39 is 0 Å². The number of rotatable bonds is 7. The van der Waals surface area contributed by atoms with Crippen molar-refractivity contribution in [1.29, 1.82) is 0 Å². The molecule has 0 N–H and O–H groups in total. The van der Waals surface area contributed by atoms with Gasteiger partial charge in [-0.05, 0) is 12.8 Å². The summed E-state index contributed by atoms with van der Waals surface area (Å²) in [5.74, 6) is -0.218. The van der Waals surface area contributed by atoms with Crippen LogP contribution in [0.2, 0.25) is 4.34 Å². The van der Waals surface area contributed by atoms with Gasteiger partial charge in [0.2, 0.25) is 0 Å². The predicted octanol–water partition coefficient (Wildman–Crippen LogP) is 1.74. The van der Waals surface area contributed by atoms with E-state index in [1.54, 1.807) is 0 Å². The lowest BCUT2D eigenvalue weighted by Gasteiger charge is -2.23. The summed E-state index contributed by atoms with van der Waals surface area (Å²) in [5, 5.41) is 4.02. The van der Waals surface area contributed by atoms with E-state index in [0.29, 0.717) is 23.8 Å². The summed E-state index contributed by atoms with van der Waals surface area (Å²) in [7, 11) is 1.40. The molecule has 0 saturated carbocycles. The predicted molar refractivity (Wildman–Crippen MR) is 75.8 cm³/mol.